The number of aromatic hydroxyl groups is 2. The van der Waals surface area contributed by atoms with Crippen LogP contribution in [0.5, 0.6) is 23.0 Å². The lowest BCUT2D eigenvalue weighted by atomic mass is 9.77. The summed E-state index contributed by atoms with van der Waals surface area (Å²) in [6, 6.07) is 14.5. The van der Waals surface area contributed by atoms with Gasteiger partial charge in [-0.25, -0.2) is 4.79 Å². The van der Waals surface area contributed by atoms with Gasteiger partial charge in [-0.2, -0.15) is 0 Å². The lowest BCUT2D eigenvalue weighted by molar-refractivity contribution is 0.0224. The number of hydrogen-bond acceptors (Lipinski definition) is 9. The quantitative estimate of drug-likeness (QED) is 0.0697. The fourth-order valence-corrected chi connectivity index (χ4v) is 4.89. The van der Waals surface area contributed by atoms with Gasteiger partial charge in [-0.1, -0.05) is 11.2 Å². The molecule has 4 N–H and O–H groups in total. The van der Waals surface area contributed by atoms with E-state index in [1.54, 1.807) is 30.3 Å². The first-order valence-corrected chi connectivity index (χ1v) is 12.8. The van der Waals surface area contributed by atoms with E-state index >= 15 is 0 Å². The van der Waals surface area contributed by atoms with E-state index < -0.39 is 11.6 Å². The van der Waals surface area contributed by atoms with Gasteiger partial charge < -0.3 is 39.8 Å². The number of fused-ring (bicyclic) bond motifs is 6. The van der Waals surface area contributed by atoms with E-state index in [0.29, 0.717) is 77.5 Å². The van der Waals surface area contributed by atoms with E-state index in [-0.39, 0.29) is 18.0 Å². The lowest BCUT2D eigenvalue weighted by Gasteiger charge is -2.36. The number of nitrogens with zero attached hydrogens (tertiary/aromatic N) is 3. The smallest absolute Gasteiger partial charge is 0.340 e. The van der Waals surface area contributed by atoms with Gasteiger partial charge >= 0.3 is 5.97 Å². The maximum atomic E-state index is 13.2. The van der Waals surface area contributed by atoms with Crippen LogP contribution in [-0.2, 0) is 19.8 Å². The first-order chi connectivity index (χ1) is 19.4. The van der Waals surface area contributed by atoms with Crippen LogP contribution in [0.2, 0.25) is 0 Å². The first kappa shape index (κ1) is 27.0. The molecule has 206 valence electrons. The molecule has 5 rings (SSSR count). The number of azide groups is 1. The third-order valence-corrected chi connectivity index (χ3v) is 6.58. The normalized spacial score (nSPS) is 13.8. The van der Waals surface area contributed by atoms with E-state index in [1.165, 1.54) is 24.3 Å². The molecule has 13 heteroatoms. The first-order valence-electron chi connectivity index (χ1n) is 12.4. The van der Waals surface area contributed by atoms with Crippen molar-refractivity contribution in [3.8, 4) is 23.0 Å². The zero-order valence-corrected chi connectivity index (χ0v) is 21.9. The van der Waals surface area contributed by atoms with E-state index in [0.717, 1.165) is 0 Å². The van der Waals surface area contributed by atoms with Gasteiger partial charge in [0.15, 0.2) is 10.7 Å². The highest BCUT2D eigenvalue weighted by Crippen LogP contribution is 2.57. The zero-order chi connectivity index (χ0) is 28.1. The predicted molar refractivity (Wildman–Crippen MR) is 148 cm³/mol. The maximum absolute atomic E-state index is 13.2. The molecule has 0 unspecified atom stereocenters. The number of hydrogen-bond donors (Lipinski definition) is 4. The summed E-state index contributed by atoms with van der Waals surface area (Å²) < 4.78 is 22.8. The average Bonchev–Trinajstić information content (AvgIpc) is 3.21. The van der Waals surface area contributed by atoms with Crippen molar-refractivity contribution in [3.05, 3.63) is 87.3 Å². The topological polar surface area (TPSA) is 167 Å². The van der Waals surface area contributed by atoms with E-state index in [9.17, 15) is 15.0 Å². The number of nitrogens with one attached hydrogen (secondary N) is 2. The minimum Gasteiger partial charge on any atom is -0.508 e. The monoisotopic (exact) mass is 563 g/mol. The Hall–Kier alpha value is -4.55. The highest BCUT2D eigenvalue weighted by Gasteiger charge is 2.53. The molecule has 0 aliphatic carbocycles. The Balaban J connectivity index is 1.27. The molecule has 0 radical (unpaired) electrons. The fraction of sp³-hybridized carbons (Fsp3) is 0.259. The second-order valence-electron chi connectivity index (χ2n) is 8.85. The second kappa shape index (κ2) is 11.7. The highest BCUT2D eigenvalue weighted by molar-refractivity contribution is 7.80. The van der Waals surface area contributed by atoms with Crippen LogP contribution in [0.3, 0.4) is 0 Å². The molecule has 2 aliphatic heterocycles. The standard InChI is InChI=1S/C27H25N5O7S/c28-32-30-8-10-37-12-11-36-9-7-29-26(40)31-16-1-4-20-19(13-16)25(35)39-27(20)21-5-2-17(33)14-23(21)38-24-15-18(34)3-6-22(24)27/h1-6,13-15,33-34H,7-12H2,(H2,29,31,40). The molecule has 0 aromatic heterocycles. The predicted octanol–water partition coefficient (Wildman–Crippen LogP) is 4.30. The van der Waals surface area contributed by atoms with Crippen molar-refractivity contribution in [2.24, 2.45) is 5.11 Å². The Kier molecular flexibility index (Phi) is 7.89. The van der Waals surface area contributed by atoms with Crippen LogP contribution in [-0.4, -0.2) is 60.8 Å². The maximum Gasteiger partial charge on any atom is 0.340 e. The summed E-state index contributed by atoms with van der Waals surface area (Å²) in [5.41, 5.74) is 9.51. The summed E-state index contributed by atoms with van der Waals surface area (Å²) in [6.07, 6.45) is 0. The third kappa shape index (κ3) is 5.31. The van der Waals surface area contributed by atoms with Crippen molar-refractivity contribution < 1.29 is 34.0 Å². The van der Waals surface area contributed by atoms with Gasteiger partial charge in [0.05, 0.1) is 32.0 Å². The number of esters is 1. The zero-order valence-electron chi connectivity index (χ0n) is 21.1. The Labute approximate surface area is 234 Å². The molecule has 2 heterocycles. The largest absolute Gasteiger partial charge is 0.508 e. The van der Waals surface area contributed by atoms with Gasteiger partial charge in [0.2, 0.25) is 0 Å². The molecule has 12 nitrogen and oxygen atoms in total. The number of phenolic OH excluding ortho intramolecular Hbond substituents is 2. The Morgan fingerprint density at radius 2 is 1.60 bits per heavy atom. The second-order valence-corrected chi connectivity index (χ2v) is 9.26. The van der Waals surface area contributed by atoms with Gasteiger partial charge in [-0.15, -0.1) is 0 Å². The van der Waals surface area contributed by atoms with Crippen LogP contribution in [0.25, 0.3) is 10.4 Å². The molecular weight excluding hydrogens is 538 g/mol. The number of phenols is 2. The number of benzene rings is 3. The summed E-state index contributed by atoms with van der Waals surface area (Å²) >= 11 is 5.38. The molecule has 0 fully saturated rings. The van der Waals surface area contributed by atoms with Crippen LogP contribution in [0.4, 0.5) is 5.69 Å². The third-order valence-electron chi connectivity index (χ3n) is 6.33. The lowest BCUT2D eigenvalue weighted by Crippen LogP contribution is -2.33. The van der Waals surface area contributed by atoms with Crippen molar-refractivity contribution in [2.45, 2.75) is 5.60 Å². The molecule has 0 amide bonds. The van der Waals surface area contributed by atoms with Crippen molar-refractivity contribution in [1.29, 1.82) is 0 Å². The Morgan fingerprint density at radius 3 is 2.27 bits per heavy atom. The van der Waals surface area contributed by atoms with Crippen LogP contribution in [0, 0.1) is 0 Å². The summed E-state index contributed by atoms with van der Waals surface area (Å²) in [7, 11) is 0. The Bertz CT molecular complexity index is 1460. The number of rotatable bonds is 10. The van der Waals surface area contributed by atoms with Crippen LogP contribution >= 0.6 is 12.2 Å². The van der Waals surface area contributed by atoms with E-state index in [1.807, 2.05) is 0 Å². The molecular formula is C27H25N5O7S. The Morgan fingerprint density at radius 1 is 0.950 bits per heavy atom. The molecule has 3 aromatic carbocycles. The SMILES string of the molecule is [N-]=[N+]=NCCOCCOCCNC(=S)Nc1ccc2c(c1)C(=O)OC21c2ccc(O)cc2Oc2cc(O)ccc21. The molecule has 40 heavy (non-hydrogen) atoms. The summed E-state index contributed by atoms with van der Waals surface area (Å²) in [5, 5.41) is 29.9. The van der Waals surface area contributed by atoms with Gasteiger partial charge in [0.25, 0.3) is 0 Å². The number of anilines is 1. The van der Waals surface area contributed by atoms with Gasteiger partial charge in [0.1, 0.15) is 23.0 Å². The van der Waals surface area contributed by atoms with Crippen LogP contribution < -0.4 is 15.4 Å². The minimum absolute atomic E-state index is 0.0106. The molecule has 0 atom stereocenters. The van der Waals surface area contributed by atoms with E-state index in [4.69, 9.17) is 36.7 Å². The van der Waals surface area contributed by atoms with E-state index in [2.05, 4.69) is 20.7 Å². The molecule has 3 aromatic rings. The van der Waals surface area contributed by atoms with Crippen LogP contribution in [0.15, 0.2) is 59.7 Å². The van der Waals surface area contributed by atoms with Crippen molar-refractivity contribution in [3.63, 3.8) is 0 Å². The summed E-state index contributed by atoms with van der Waals surface area (Å²) in [5.74, 6) is 0.0706. The molecule has 2 aliphatic rings. The molecule has 0 saturated carbocycles. The van der Waals surface area contributed by atoms with Crippen molar-refractivity contribution in [2.75, 3.05) is 44.8 Å². The number of carbonyl (C=O) groups is 1. The fourth-order valence-electron chi connectivity index (χ4n) is 4.67. The van der Waals surface area contributed by atoms with Gasteiger partial charge in [-0.05, 0) is 54.1 Å². The van der Waals surface area contributed by atoms with Gasteiger partial charge in [-0.3, -0.25) is 0 Å². The number of carbonyl (C=O) groups excluding carboxylic acids is 1. The average molecular weight is 564 g/mol. The number of thiocarbonyl (C=S) groups is 1. The highest BCUT2D eigenvalue weighted by atomic mass is 32.1. The minimum atomic E-state index is -1.32. The molecule has 1 spiro atoms. The van der Waals surface area contributed by atoms with Crippen molar-refractivity contribution >= 4 is 29.0 Å². The molecule has 0 bridgehead atoms. The van der Waals surface area contributed by atoms with Crippen LogP contribution in [0.1, 0.15) is 27.0 Å². The number of ether oxygens (including phenoxy) is 4. The van der Waals surface area contributed by atoms with Crippen molar-refractivity contribution in [1.82, 2.24) is 5.32 Å². The molecule has 0 saturated heterocycles. The van der Waals surface area contributed by atoms with Gasteiger partial charge in [0, 0.05) is 52.5 Å². The summed E-state index contributed by atoms with van der Waals surface area (Å²) in [6.45, 7) is 2.25. The summed E-state index contributed by atoms with van der Waals surface area (Å²) in [4.78, 5) is 15.9.